The molecule has 0 saturated carbocycles. The molecule has 0 bridgehead atoms. The van der Waals surface area contributed by atoms with Gasteiger partial charge in [-0.05, 0) is 49.1 Å². The number of anilines is 1. The van der Waals surface area contributed by atoms with Gasteiger partial charge < -0.3 is 14.7 Å². The summed E-state index contributed by atoms with van der Waals surface area (Å²) in [6, 6.07) is 11.8. The smallest absolute Gasteiger partial charge is 0.407 e. The van der Waals surface area contributed by atoms with Gasteiger partial charge in [0.05, 0.1) is 19.1 Å². The Morgan fingerprint density at radius 2 is 1.84 bits per heavy atom. The molecule has 2 aromatic carbocycles. The number of ketones is 1. The van der Waals surface area contributed by atoms with E-state index in [0.717, 1.165) is 11.8 Å². The van der Waals surface area contributed by atoms with Crippen LogP contribution in [0.25, 0.3) is 0 Å². The van der Waals surface area contributed by atoms with E-state index in [2.05, 4.69) is 4.72 Å². The number of nitrogens with one attached hydrogen (secondary N) is 1. The molecule has 32 heavy (non-hydrogen) atoms. The number of hydrogen-bond acceptors (Lipinski definition) is 5. The van der Waals surface area contributed by atoms with Crippen molar-refractivity contribution in [2.45, 2.75) is 25.7 Å². The zero-order chi connectivity index (χ0) is 23.7. The van der Waals surface area contributed by atoms with Crippen molar-refractivity contribution >= 4 is 39.2 Å². The Hall–Kier alpha value is -2.78. The number of rotatable bonds is 12. The van der Waals surface area contributed by atoms with Gasteiger partial charge >= 0.3 is 6.09 Å². The fourth-order valence-electron chi connectivity index (χ4n) is 3.15. The number of halogens is 1. The highest BCUT2D eigenvalue weighted by Gasteiger charge is 2.15. The molecule has 2 rings (SSSR count). The minimum Gasteiger partial charge on any atom is -0.495 e. The SMILES string of the molecule is COc1ccc(C(=O)CCCCN(CCc2ccccc2Cl)C(=O)O)cc1NS(C)(=O)=O. The minimum atomic E-state index is -3.53. The molecule has 0 aliphatic rings. The first-order valence-electron chi connectivity index (χ1n) is 10.0. The van der Waals surface area contributed by atoms with Crippen LogP contribution in [-0.2, 0) is 16.4 Å². The van der Waals surface area contributed by atoms with E-state index >= 15 is 0 Å². The zero-order valence-corrected chi connectivity index (χ0v) is 19.6. The molecule has 0 aromatic heterocycles. The Kier molecular flexibility index (Phi) is 9.34. The number of amides is 1. The number of benzene rings is 2. The molecule has 0 fully saturated rings. The summed E-state index contributed by atoms with van der Waals surface area (Å²) in [4.78, 5) is 25.4. The highest BCUT2D eigenvalue weighted by atomic mass is 35.5. The van der Waals surface area contributed by atoms with E-state index in [1.807, 2.05) is 18.2 Å². The maximum atomic E-state index is 12.5. The average molecular weight is 483 g/mol. The van der Waals surface area contributed by atoms with Crippen LogP contribution in [0.1, 0.15) is 35.2 Å². The largest absolute Gasteiger partial charge is 0.495 e. The van der Waals surface area contributed by atoms with E-state index in [1.165, 1.54) is 24.1 Å². The van der Waals surface area contributed by atoms with E-state index < -0.39 is 16.1 Å². The Morgan fingerprint density at radius 1 is 1.12 bits per heavy atom. The minimum absolute atomic E-state index is 0.165. The summed E-state index contributed by atoms with van der Waals surface area (Å²) >= 11 is 6.12. The lowest BCUT2D eigenvalue weighted by Gasteiger charge is -2.19. The van der Waals surface area contributed by atoms with Crippen molar-refractivity contribution in [3.63, 3.8) is 0 Å². The monoisotopic (exact) mass is 482 g/mol. The third kappa shape index (κ3) is 8.05. The Morgan fingerprint density at radius 3 is 2.47 bits per heavy atom. The van der Waals surface area contributed by atoms with Crippen molar-refractivity contribution in [1.29, 1.82) is 0 Å². The summed E-state index contributed by atoms with van der Waals surface area (Å²) in [5.41, 5.74) is 1.43. The van der Waals surface area contributed by atoms with Crippen LogP contribution in [0.2, 0.25) is 5.02 Å². The number of carbonyl (C=O) groups excluding carboxylic acids is 1. The van der Waals surface area contributed by atoms with Crippen LogP contribution in [0.3, 0.4) is 0 Å². The lowest BCUT2D eigenvalue weighted by Crippen LogP contribution is -2.32. The van der Waals surface area contributed by atoms with Crippen LogP contribution in [0, 0.1) is 0 Å². The van der Waals surface area contributed by atoms with Crippen LogP contribution in [0.5, 0.6) is 5.75 Å². The molecular weight excluding hydrogens is 456 g/mol. The third-order valence-electron chi connectivity index (χ3n) is 4.78. The van der Waals surface area contributed by atoms with Crippen LogP contribution >= 0.6 is 11.6 Å². The molecule has 174 valence electrons. The average Bonchev–Trinajstić information content (AvgIpc) is 2.72. The van der Waals surface area contributed by atoms with Crippen LogP contribution in [-0.4, -0.2) is 56.8 Å². The molecule has 0 saturated heterocycles. The van der Waals surface area contributed by atoms with Crippen LogP contribution < -0.4 is 9.46 Å². The van der Waals surface area contributed by atoms with Gasteiger partial charge in [-0.2, -0.15) is 0 Å². The molecule has 1 amide bonds. The molecular formula is C22H27ClN2O6S. The molecule has 0 spiro atoms. The molecule has 8 nitrogen and oxygen atoms in total. The van der Waals surface area contributed by atoms with E-state index in [9.17, 15) is 23.1 Å². The Balaban J connectivity index is 1.89. The number of Topliss-reactive ketones (excluding diaryl/α,β-unsaturated/α-hetero) is 1. The lowest BCUT2D eigenvalue weighted by atomic mass is 10.0. The molecule has 10 heteroatoms. The first-order chi connectivity index (χ1) is 15.1. The number of carboxylic acid groups (broad SMARTS) is 1. The quantitative estimate of drug-likeness (QED) is 0.344. The van der Waals surface area contributed by atoms with Crippen LogP contribution in [0.4, 0.5) is 10.5 Å². The molecule has 2 aromatic rings. The van der Waals surface area contributed by atoms with Gasteiger partial charge in [-0.1, -0.05) is 29.8 Å². The maximum Gasteiger partial charge on any atom is 0.407 e. The lowest BCUT2D eigenvalue weighted by molar-refractivity contribution is 0.0978. The number of ether oxygens (including phenoxy) is 1. The topological polar surface area (TPSA) is 113 Å². The number of carbonyl (C=O) groups is 2. The highest BCUT2D eigenvalue weighted by Crippen LogP contribution is 2.27. The summed E-state index contributed by atoms with van der Waals surface area (Å²) in [6.45, 7) is 0.614. The van der Waals surface area contributed by atoms with Gasteiger partial charge in [0.2, 0.25) is 10.0 Å². The highest BCUT2D eigenvalue weighted by molar-refractivity contribution is 7.92. The third-order valence-corrected chi connectivity index (χ3v) is 5.74. The summed E-state index contributed by atoms with van der Waals surface area (Å²) in [7, 11) is -2.12. The van der Waals surface area contributed by atoms with Crippen molar-refractivity contribution in [1.82, 2.24) is 4.90 Å². The van der Waals surface area contributed by atoms with E-state index in [4.69, 9.17) is 16.3 Å². The van der Waals surface area contributed by atoms with Gasteiger partial charge in [-0.25, -0.2) is 13.2 Å². The van der Waals surface area contributed by atoms with E-state index in [0.29, 0.717) is 48.7 Å². The van der Waals surface area contributed by atoms with Gasteiger partial charge in [0.25, 0.3) is 0 Å². The van der Waals surface area contributed by atoms with Crippen molar-refractivity contribution in [2.75, 3.05) is 31.2 Å². The second-order valence-electron chi connectivity index (χ2n) is 7.28. The number of sulfonamides is 1. The molecule has 0 radical (unpaired) electrons. The van der Waals surface area contributed by atoms with Gasteiger partial charge in [0, 0.05) is 30.1 Å². The molecule has 2 N–H and O–H groups in total. The fraction of sp³-hybridized carbons (Fsp3) is 0.364. The zero-order valence-electron chi connectivity index (χ0n) is 18.0. The first kappa shape index (κ1) is 25.5. The fourth-order valence-corrected chi connectivity index (χ4v) is 3.94. The van der Waals surface area contributed by atoms with Crippen LogP contribution in [0.15, 0.2) is 42.5 Å². The standard InChI is InChI=1S/C22H27ClN2O6S/c1-31-21-11-10-17(15-19(21)24-32(2,29)30)20(26)9-5-6-13-25(22(27)28)14-12-16-7-3-4-8-18(16)23/h3-4,7-8,10-11,15,24H,5-6,9,12-14H2,1-2H3,(H,27,28). The summed E-state index contributed by atoms with van der Waals surface area (Å²) < 4.78 is 30.5. The summed E-state index contributed by atoms with van der Waals surface area (Å²) in [6.07, 6.45) is 1.73. The Labute approximate surface area is 193 Å². The number of nitrogens with zero attached hydrogens (tertiary/aromatic N) is 1. The molecule has 0 heterocycles. The summed E-state index contributed by atoms with van der Waals surface area (Å²) in [5, 5.41) is 10.0. The van der Waals surface area contributed by atoms with Gasteiger partial charge in [-0.3, -0.25) is 9.52 Å². The number of hydrogen-bond donors (Lipinski definition) is 2. The number of unbranched alkanes of at least 4 members (excludes halogenated alkanes) is 1. The van der Waals surface area contributed by atoms with Gasteiger partial charge in [0.15, 0.2) is 5.78 Å². The molecule has 0 unspecified atom stereocenters. The van der Waals surface area contributed by atoms with Gasteiger partial charge in [-0.15, -0.1) is 0 Å². The van der Waals surface area contributed by atoms with Gasteiger partial charge in [0.1, 0.15) is 5.75 Å². The van der Waals surface area contributed by atoms with E-state index in [-0.39, 0.29) is 17.9 Å². The second-order valence-corrected chi connectivity index (χ2v) is 9.44. The number of methoxy groups -OCH3 is 1. The first-order valence-corrected chi connectivity index (χ1v) is 12.3. The van der Waals surface area contributed by atoms with Crippen molar-refractivity contribution in [3.8, 4) is 5.75 Å². The Bertz CT molecular complexity index is 1060. The van der Waals surface area contributed by atoms with Crippen molar-refractivity contribution in [3.05, 3.63) is 58.6 Å². The normalized spacial score (nSPS) is 11.1. The predicted molar refractivity (Wildman–Crippen MR) is 124 cm³/mol. The maximum absolute atomic E-state index is 12.5. The summed E-state index contributed by atoms with van der Waals surface area (Å²) in [5.74, 6) is 0.143. The van der Waals surface area contributed by atoms with Crippen molar-refractivity contribution < 1.29 is 27.9 Å². The molecule has 0 atom stereocenters. The van der Waals surface area contributed by atoms with E-state index in [1.54, 1.807) is 12.1 Å². The second kappa shape index (κ2) is 11.7. The van der Waals surface area contributed by atoms with Crippen molar-refractivity contribution in [2.24, 2.45) is 0 Å². The molecule has 0 aliphatic carbocycles. The molecule has 0 aliphatic heterocycles. The predicted octanol–water partition coefficient (Wildman–Crippen LogP) is 4.30.